The maximum atomic E-state index is 12.4. The van der Waals surface area contributed by atoms with Crippen molar-refractivity contribution in [2.45, 2.75) is 38.3 Å². The van der Waals surface area contributed by atoms with Gasteiger partial charge in [0, 0.05) is 5.56 Å². The predicted octanol–water partition coefficient (Wildman–Crippen LogP) is 1.67. The first kappa shape index (κ1) is 17.0. The second-order valence-corrected chi connectivity index (χ2v) is 5.74. The highest BCUT2D eigenvalue weighted by atomic mass is 16.6. The number of hydrogen-bond donors (Lipinski definition) is 2. The fourth-order valence-electron chi connectivity index (χ4n) is 1.90. The van der Waals surface area contributed by atoms with Crippen LogP contribution in [-0.2, 0) is 19.9 Å². The second-order valence-electron chi connectivity index (χ2n) is 5.74. The number of carboxylic acid groups (broad SMARTS) is 1. The van der Waals surface area contributed by atoms with Crippen molar-refractivity contribution in [1.29, 1.82) is 0 Å². The van der Waals surface area contributed by atoms with Crippen molar-refractivity contribution in [1.82, 2.24) is 0 Å². The zero-order chi connectivity index (χ0) is 16.3. The van der Waals surface area contributed by atoms with E-state index in [1.54, 1.807) is 45.0 Å². The molecule has 1 aromatic rings. The Bertz CT molecular complexity index is 535. The molecule has 0 aliphatic heterocycles. The minimum absolute atomic E-state index is 0.282. The molecule has 21 heavy (non-hydrogen) atoms. The zero-order valence-corrected chi connectivity index (χ0v) is 12.7. The van der Waals surface area contributed by atoms with Gasteiger partial charge in [-0.05, 0) is 26.8 Å². The van der Waals surface area contributed by atoms with Crippen LogP contribution < -0.4 is 10.5 Å². The highest BCUT2D eigenvalue weighted by Crippen LogP contribution is 2.33. The van der Waals surface area contributed by atoms with E-state index in [0.717, 1.165) is 0 Å². The highest BCUT2D eigenvalue weighted by Gasteiger charge is 2.43. The molecule has 0 fully saturated rings. The lowest BCUT2D eigenvalue weighted by atomic mass is 9.86. The normalized spacial score (nSPS) is 14.1. The molecule has 116 valence electrons. The van der Waals surface area contributed by atoms with E-state index in [1.807, 2.05) is 0 Å². The van der Waals surface area contributed by atoms with Crippen LogP contribution in [-0.4, -0.2) is 29.8 Å². The highest BCUT2D eigenvalue weighted by molar-refractivity contribution is 5.88. The van der Waals surface area contributed by atoms with Crippen LogP contribution in [0.1, 0.15) is 32.8 Å². The summed E-state index contributed by atoms with van der Waals surface area (Å²) >= 11 is 0. The van der Waals surface area contributed by atoms with E-state index in [9.17, 15) is 9.59 Å². The van der Waals surface area contributed by atoms with Gasteiger partial charge in [0.25, 0.3) is 0 Å². The van der Waals surface area contributed by atoms with Crippen LogP contribution in [0.4, 0.5) is 0 Å². The van der Waals surface area contributed by atoms with Crippen molar-refractivity contribution in [3.63, 3.8) is 0 Å². The molecule has 1 aromatic carbocycles. The number of hydrogen-bond acceptors (Lipinski definition) is 5. The van der Waals surface area contributed by atoms with Crippen molar-refractivity contribution in [2.75, 3.05) is 7.11 Å². The number of aliphatic carboxylic acids is 1. The van der Waals surface area contributed by atoms with Gasteiger partial charge < -0.3 is 20.3 Å². The van der Waals surface area contributed by atoms with Crippen LogP contribution in [0.3, 0.4) is 0 Å². The van der Waals surface area contributed by atoms with Gasteiger partial charge in [-0.2, -0.15) is 0 Å². The van der Waals surface area contributed by atoms with E-state index in [4.69, 9.17) is 20.3 Å². The van der Waals surface area contributed by atoms with Gasteiger partial charge in [-0.15, -0.1) is 0 Å². The number of nitrogens with two attached hydrogens (primary N) is 1. The summed E-state index contributed by atoms with van der Waals surface area (Å²) in [6.45, 7) is 5.07. The third-order valence-corrected chi connectivity index (χ3v) is 2.78. The van der Waals surface area contributed by atoms with Crippen LogP contribution in [0.2, 0.25) is 0 Å². The Balaban J connectivity index is 3.32. The summed E-state index contributed by atoms with van der Waals surface area (Å²) in [4.78, 5) is 23.5. The number of para-hydroxylation sites is 1. The zero-order valence-electron chi connectivity index (χ0n) is 12.7. The van der Waals surface area contributed by atoms with Crippen molar-refractivity contribution < 1.29 is 24.2 Å². The van der Waals surface area contributed by atoms with E-state index < -0.39 is 29.5 Å². The number of methoxy groups -OCH3 is 1. The van der Waals surface area contributed by atoms with Crippen molar-refractivity contribution in [2.24, 2.45) is 5.73 Å². The van der Waals surface area contributed by atoms with Gasteiger partial charge >= 0.3 is 11.9 Å². The Kier molecular flexibility index (Phi) is 4.96. The fourth-order valence-corrected chi connectivity index (χ4v) is 1.90. The summed E-state index contributed by atoms with van der Waals surface area (Å²) in [6.07, 6.45) is -0.595. The number of carbonyl (C=O) groups excluding carboxylic acids is 1. The largest absolute Gasteiger partial charge is 0.496 e. The summed E-state index contributed by atoms with van der Waals surface area (Å²) in [5.41, 5.74) is 3.80. The first-order valence-corrected chi connectivity index (χ1v) is 6.48. The Labute approximate surface area is 123 Å². The third-order valence-electron chi connectivity index (χ3n) is 2.78. The SMILES string of the molecule is COc1ccccc1C(N)(CC(=O)O)C(=O)OC(C)(C)C. The van der Waals surface area contributed by atoms with E-state index in [-0.39, 0.29) is 5.56 Å². The van der Waals surface area contributed by atoms with Crippen LogP contribution >= 0.6 is 0 Å². The van der Waals surface area contributed by atoms with Crippen LogP contribution in [0, 0.1) is 0 Å². The van der Waals surface area contributed by atoms with Crippen molar-refractivity contribution >= 4 is 11.9 Å². The molecule has 3 N–H and O–H groups in total. The number of benzene rings is 1. The smallest absolute Gasteiger partial charge is 0.332 e. The van der Waals surface area contributed by atoms with Crippen molar-refractivity contribution in [3.05, 3.63) is 29.8 Å². The van der Waals surface area contributed by atoms with Crippen LogP contribution in [0.25, 0.3) is 0 Å². The van der Waals surface area contributed by atoms with Gasteiger partial charge in [-0.3, -0.25) is 4.79 Å². The number of carbonyl (C=O) groups is 2. The molecule has 0 amide bonds. The van der Waals surface area contributed by atoms with Gasteiger partial charge in [0.2, 0.25) is 0 Å². The van der Waals surface area contributed by atoms with Gasteiger partial charge in [0.05, 0.1) is 13.5 Å². The Hall–Kier alpha value is -2.08. The molecule has 0 heterocycles. The quantitative estimate of drug-likeness (QED) is 0.802. The third kappa shape index (κ3) is 4.19. The van der Waals surface area contributed by atoms with E-state index in [0.29, 0.717) is 5.75 Å². The standard InChI is InChI=1S/C15H21NO5/c1-14(2,3)21-13(19)15(16,9-12(17)18)10-7-5-6-8-11(10)20-4/h5-8H,9,16H2,1-4H3,(H,17,18). The molecule has 1 atom stereocenters. The Morgan fingerprint density at radius 2 is 1.81 bits per heavy atom. The summed E-state index contributed by atoms with van der Waals surface area (Å²) in [5, 5.41) is 9.09. The van der Waals surface area contributed by atoms with Crippen LogP contribution in [0.5, 0.6) is 5.75 Å². The first-order chi connectivity index (χ1) is 9.60. The summed E-state index contributed by atoms with van der Waals surface area (Å²) in [5.74, 6) is -1.66. The van der Waals surface area contributed by atoms with E-state index >= 15 is 0 Å². The average molecular weight is 295 g/mol. The number of ether oxygens (including phenoxy) is 2. The molecule has 0 radical (unpaired) electrons. The van der Waals surface area contributed by atoms with Crippen molar-refractivity contribution in [3.8, 4) is 5.75 Å². The topological polar surface area (TPSA) is 98.9 Å². The molecule has 0 spiro atoms. The predicted molar refractivity (Wildman–Crippen MR) is 77.0 cm³/mol. The molecule has 0 aromatic heterocycles. The average Bonchev–Trinajstić information content (AvgIpc) is 2.35. The van der Waals surface area contributed by atoms with Gasteiger partial charge in [-0.1, -0.05) is 18.2 Å². The molecular weight excluding hydrogens is 274 g/mol. The van der Waals surface area contributed by atoms with E-state index in [1.165, 1.54) is 7.11 Å². The van der Waals surface area contributed by atoms with Gasteiger partial charge in [0.15, 0.2) is 5.54 Å². The fraction of sp³-hybridized carbons (Fsp3) is 0.467. The lowest BCUT2D eigenvalue weighted by molar-refractivity contribution is -0.165. The molecule has 0 aliphatic carbocycles. The molecular formula is C15H21NO5. The monoisotopic (exact) mass is 295 g/mol. The molecule has 6 heteroatoms. The summed E-state index contributed by atoms with van der Waals surface area (Å²) in [7, 11) is 1.43. The van der Waals surface area contributed by atoms with Crippen LogP contribution in [0.15, 0.2) is 24.3 Å². The maximum Gasteiger partial charge on any atom is 0.332 e. The lowest BCUT2D eigenvalue weighted by Crippen LogP contribution is -2.50. The lowest BCUT2D eigenvalue weighted by Gasteiger charge is -2.31. The molecule has 1 rings (SSSR count). The molecule has 6 nitrogen and oxygen atoms in total. The molecule has 1 unspecified atom stereocenters. The summed E-state index contributed by atoms with van der Waals surface area (Å²) < 4.78 is 10.4. The van der Waals surface area contributed by atoms with E-state index in [2.05, 4.69) is 0 Å². The minimum atomic E-state index is -1.81. The number of esters is 1. The number of carboxylic acids is 1. The second kappa shape index (κ2) is 6.13. The molecule has 0 saturated carbocycles. The maximum absolute atomic E-state index is 12.4. The Morgan fingerprint density at radius 1 is 1.24 bits per heavy atom. The number of rotatable bonds is 5. The summed E-state index contributed by atoms with van der Waals surface area (Å²) in [6, 6.07) is 6.54. The molecule has 0 aliphatic rings. The molecule has 0 saturated heterocycles. The minimum Gasteiger partial charge on any atom is -0.496 e. The first-order valence-electron chi connectivity index (χ1n) is 6.48. The Morgan fingerprint density at radius 3 is 2.29 bits per heavy atom. The van der Waals surface area contributed by atoms with Gasteiger partial charge in [-0.25, -0.2) is 4.79 Å². The van der Waals surface area contributed by atoms with Gasteiger partial charge in [0.1, 0.15) is 11.4 Å². The molecule has 0 bridgehead atoms.